The van der Waals surface area contributed by atoms with Gasteiger partial charge in [0, 0.05) is 12.6 Å². The third-order valence-corrected chi connectivity index (χ3v) is 2.09. The van der Waals surface area contributed by atoms with Crippen LogP contribution in [0.25, 0.3) is 0 Å². The van der Waals surface area contributed by atoms with Crippen molar-refractivity contribution in [2.45, 2.75) is 19.4 Å². The second-order valence-electron chi connectivity index (χ2n) is 3.32. The monoisotopic (exact) mass is 199 g/mol. The predicted molar refractivity (Wildman–Crippen MR) is 48.0 cm³/mol. The minimum absolute atomic E-state index is 0.130. The van der Waals surface area contributed by atoms with Gasteiger partial charge in [0.2, 0.25) is 17.7 Å². The van der Waals surface area contributed by atoms with Gasteiger partial charge in [-0.1, -0.05) is 0 Å². The summed E-state index contributed by atoms with van der Waals surface area (Å²) >= 11 is 0. The fraction of sp³-hybridized carbons (Fsp3) is 0.625. The summed E-state index contributed by atoms with van der Waals surface area (Å²) < 4.78 is 0. The molecule has 0 aromatic carbocycles. The van der Waals surface area contributed by atoms with E-state index in [9.17, 15) is 14.4 Å². The summed E-state index contributed by atoms with van der Waals surface area (Å²) in [7, 11) is 0. The number of hydrogen-bond acceptors (Lipinski definition) is 3. The van der Waals surface area contributed by atoms with Crippen molar-refractivity contribution in [1.29, 1.82) is 0 Å². The van der Waals surface area contributed by atoms with Crippen LogP contribution in [-0.4, -0.2) is 41.8 Å². The van der Waals surface area contributed by atoms with Crippen molar-refractivity contribution in [3.05, 3.63) is 0 Å². The smallest absolute Gasteiger partial charge is 0.237 e. The van der Waals surface area contributed by atoms with Gasteiger partial charge in [-0.25, -0.2) is 0 Å². The first kappa shape index (κ1) is 10.5. The van der Waals surface area contributed by atoms with Gasteiger partial charge in [0.05, 0.1) is 6.54 Å². The maximum atomic E-state index is 11.4. The number of nitrogens with two attached hydrogens (primary N) is 1. The Morgan fingerprint density at radius 1 is 1.64 bits per heavy atom. The second-order valence-corrected chi connectivity index (χ2v) is 3.32. The van der Waals surface area contributed by atoms with Gasteiger partial charge >= 0.3 is 0 Å². The molecule has 1 rings (SSSR count). The number of hydrogen-bond donors (Lipinski definition) is 2. The highest BCUT2D eigenvalue weighted by molar-refractivity contribution is 5.99. The van der Waals surface area contributed by atoms with E-state index in [0.29, 0.717) is 6.54 Å². The number of nitrogens with one attached hydrogen (secondary N) is 1. The third-order valence-electron chi connectivity index (χ3n) is 2.09. The highest BCUT2D eigenvalue weighted by Crippen LogP contribution is 2.05. The third kappa shape index (κ3) is 2.45. The zero-order chi connectivity index (χ0) is 10.7. The van der Waals surface area contributed by atoms with Crippen molar-refractivity contribution in [1.82, 2.24) is 10.2 Å². The van der Waals surface area contributed by atoms with Crippen molar-refractivity contribution >= 4 is 17.7 Å². The number of carbonyl (C=O) groups is 3. The number of nitrogens with zero attached hydrogens (tertiary/aromatic N) is 1. The number of carbonyl (C=O) groups excluding carboxylic acids is 3. The summed E-state index contributed by atoms with van der Waals surface area (Å²) in [5.74, 6) is -1.24. The van der Waals surface area contributed by atoms with Gasteiger partial charge in [-0.3, -0.25) is 14.4 Å². The SMILES string of the molecule is CC1CNC(=O)CC(=O)N1CC(N)=O. The van der Waals surface area contributed by atoms with Crippen molar-refractivity contribution in [2.24, 2.45) is 5.73 Å². The normalized spacial score (nSPS) is 22.9. The van der Waals surface area contributed by atoms with Crippen LogP contribution in [0, 0.1) is 0 Å². The van der Waals surface area contributed by atoms with Crippen LogP contribution in [0.3, 0.4) is 0 Å². The molecule has 0 aromatic rings. The van der Waals surface area contributed by atoms with E-state index in [1.165, 1.54) is 4.90 Å². The molecule has 3 N–H and O–H groups in total. The summed E-state index contributed by atoms with van der Waals surface area (Å²) in [6.45, 7) is 1.99. The predicted octanol–water partition coefficient (Wildman–Crippen LogP) is -1.79. The highest BCUT2D eigenvalue weighted by Gasteiger charge is 2.27. The van der Waals surface area contributed by atoms with Crippen LogP contribution in [0.2, 0.25) is 0 Å². The zero-order valence-electron chi connectivity index (χ0n) is 7.95. The van der Waals surface area contributed by atoms with E-state index in [4.69, 9.17) is 5.73 Å². The van der Waals surface area contributed by atoms with Crippen molar-refractivity contribution < 1.29 is 14.4 Å². The van der Waals surface area contributed by atoms with Gasteiger partial charge in [0.15, 0.2) is 0 Å². The molecule has 6 heteroatoms. The number of amides is 3. The second kappa shape index (κ2) is 4.08. The lowest BCUT2D eigenvalue weighted by molar-refractivity contribution is -0.138. The Labute approximate surface area is 81.4 Å². The molecule has 1 fully saturated rings. The van der Waals surface area contributed by atoms with Gasteiger partial charge in [-0.2, -0.15) is 0 Å². The molecule has 3 amide bonds. The van der Waals surface area contributed by atoms with E-state index in [-0.39, 0.29) is 30.8 Å². The van der Waals surface area contributed by atoms with E-state index in [2.05, 4.69) is 5.32 Å². The molecular weight excluding hydrogens is 186 g/mol. The molecule has 6 nitrogen and oxygen atoms in total. The van der Waals surface area contributed by atoms with Crippen LogP contribution >= 0.6 is 0 Å². The lowest BCUT2D eigenvalue weighted by atomic mass is 10.2. The average Bonchev–Trinajstić information content (AvgIpc) is 2.18. The molecule has 1 unspecified atom stereocenters. The first-order valence-corrected chi connectivity index (χ1v) is 4.35. The van der Waals surface area contributed by atoms with E-state index < -0.39 is 5.91 Å². The van der Waals surface area contributed by atoms with Gasteiger partial charge in [-0.05, 0) is 6.92 Å². The zero-order valence-corrected chi connectivity index (χ0v) is 7.95. The topological polar surface area (TPSA) is 92.5 Å². The van der Waals surface area contributed by atoms with Gasteiger partial charge in [0.25, 0.3) is 0 Å². The van der Waals surface area contributed by atoms with Crippen LogP contribution in [0.4, 0.5) is 0 Å². The largest absolute Gasteiger partial charge is 0.368 e. The molecule has 0 saturated carbocycles. The molecule has 1 atom stereocenters. The Balaban J connectivity index is 2.73. The summed E-state index contributed by atoms with van der Waals surface area (Å²) in [5.41, 5.74) is 5.00. The maximum absolute atomic E-state index is 11.4. The summed E-state index contributed by atoms with van der Waals surface area (Å²) in [4.78, 5) is 34.4. The van der Waals surface area contributed by atoms with Gasteiger partial charge < -0.3 is 16.0 Å². The first-order chi connectivity index (χ1) is 6.50. The molecule has 0 bridgehead atoms. The molecule has 78 valence electrons. The van der Waals surface area contributed by atoms with Crippen molar-refractivity contribution in [3.63, 3.8) is 0 Å². The Kier molecular flexibility index (Phi) is 3.06. The average molecular weight is 199 g/mol. The lowest BCUT2D eigenvalue weighted by Gasteiger charge is -2.24. The van der Waals surface area contributed by atoms with E-state index >= 15 is 0 Å². The molecule has 14 heavy (non-hydrogen) atoms. The summed E-state index contributed by atoms with van der Waals surface area (Å²) in [6.07, 6.45) is -0.211. The molecule has 1 aliphatic heterocycles. The van der Waals surface area contributed by atoms with Crippen molar-refractivity contribution in [3.8, 4) is 0 Å². The van der Waals surface area contributed by atoms with Gasteiger partial charge in [-0.15, -0.1) is 0 Å². The minimum Gasteiger partial charge on any atom is -0.368 e. The van der Waals surface area contributed by atoms with Crippen LogP contribution in [0.15, 0.2) is 0 Å². The fourth-order valence-electron chi connectivity index (χ4n) is 1.33. The Morgan fingerprint density at radius 3 is 2.86 bits per heavy atom. The molecule has 0 aliphatic carbocycles. The number of primary amides is 1. The minimum atomic E-state index is -0.570. The molecule has 0 radical (unpaired) electrons. The van der Waals surface area contributed by atoms with Crippen LogP contribution in [0.1, 0.15) is 13.3 Å². The lowest BCUT2D eigenvalue weighted by Crippen LogP contribution is -2.45. The standard InChI is InChI=1S/C8H13N3O3/c1-5-3-10-7(13)2-8(14)11(5)4-6(9)12/h5H,2-4H2,1H3,(H2,9,12)(H,10,13). The molecule has 1 heterocycles. The Bertz CT molecular complexity index is 277. The highest BCUT2D eigenvalue weighted by atomic mass is 16.2. The molecule has 1 aliphatic rings. The summed E-state index contributed by atoms with van der Waals surface area (Å²) in [6, 6.07) is -0.193. The van der Waals surface area contributed by atoms with E-state index in [1.54, 1.807) is 6.92 Å². The number of rotatable bonds is 2. The van der Waals surface area contributed by atoms with Crippen molar-refractivity contribution in [2.75, 3.05) is 13.1 Å². The van der Waals surface area contributed by atoms with Crippen LogP contribution in [-0.2, 0) is 14.4 Å². The Morgan fingerprint density at radius 2 is 2.29 bits per heavy atom. The molecule has 1 saturated heterocycles. The van der Waals surface area contributed by atoms with Crippen LogP contribution in [0.5, 0.6) is 0 Å². The Hall–Kier alpha value is -1.59. The maximum Gasteiger partial charge on any atom is 0.237 e. The molecular formula is C8H13N3O3. The van der Waals surface area contributed by atoms with Gasteiger partial charge in [0.1, 0.15) is 6.42 Å². The van der Waals surface area contributed by atoms with Crippen LogP contribution < -0.4 is 11.1 Å². The molecule has 0 aromatic heterocycles. The fourth-order valence-corrected chi connectivity index (χ4v) is 1.33. The van der Waals surface area contributed by atoms with E-state index in [1.807, 2.05) is 0 Å². The van der Waals surface area contributed by atoms with E-state index in [0.717, 1.165) is 0 Å². The first-order valence-electron chi connectivity index (χ1n) is 4.35. The summed E-state index contributed by atoms with van der Waals surface area (Å²) in [5, 5.41) is 2.57. The molecule has 0 spiro atoms. The quantitative estimate of drug-likeness (QED) is 0.514.